The number of piperazine rings is 1. The fraction of sp³-hybridized carbons (Fsp3) is 0.455. The number of benzene rings is 1. The number of thiophene rings is 1. The molecule has 3 aromatic rings. The van der Waals surface area contributed by atoms with E-state index >= 15 is 0 Å². The molecule has 2 aliphatic rings. The van der Waals surface area contributed by atoms with Gasteiger partial charge in [0.05, 0.1) is 28.6 Å². The Morgan fingerprint density at radius 1 is 1.19 bits per heavy atom. The number of hydrogen-bond donors (Lipinski definition) is 0. The van der Waals surface area contributed by atoms with Gasteiger partial charge < -0.3 is 4.90 Å². The molecular weight excluding hydrogens is 468 g/mol. The molecule has 0 aliphatic carbocycles. The van der Waals surface area contributed by atoms with Crippen LogP contribution in [0.4, 0.5) is 0 Å². The normalized spacial score (nSPS) is 21.4. The molecule has 170 valence electrons. The summed E-state index contributed by atoms with van der Waals surface area (Å²) >= 11 is 7.48. The molecule has 10 heteroatoms. The lowest BCUT2D eigenvalue weighted by Crippen LogP contribution is -2.52. The van der Waals surface area contributed by atoms with Gasteiger partial charge in [-0.05, 0) is 37.1 Å². The SMILES string of the molecule is Cc1nn(Cc2ccc(Cl)cc2)c2sc(C(=O)N3CCN(C4CCS(=O)(=O)C4)CC3)cc12. The number of nitrogens with zero attached hydrogens (tertiary/aromatic N) is 4. The van der Waals surface area contributed by atoms with Crippen LogP contribution < -0.4 is 0 Å². The average molecular weight is 493 g/mol. The summed E-state index contributed by atoms with van der Waals surface area (Å²) in [5.41, 5.74) is 2.02. The van der Waals surface area contributed by atoms with Gasteiger partial charge in [0.15, 0.2) is 9.84 Å². The zero-order chi connectivity index (χ0) is 22.5. The molecule has 1 amide bonds. The van der Waals surface area contributed by atoms with Crippen LogP contribution in [0.3, 0.4) is 0 Å². The molecule has 2 fully saturated rings. The first-order valence-corrected chi connectivity index (χ1v) is 13.8. The molecule has 0 radical (unpaired) electrons. The maximum Gasteiger partial charge on any atom is 0.264 e. The highest BCUT2D eigenvalue weighted by Crippen LogP contribution is 2.30. The van der Waals surface area contributed by atoms with E-state index in [9.17, 15) is 13.2 Å². The third-order valence-electron chi connectivity index (χ3n) is 6.39. The van der Waals surface area contributed by atoms with E-state index in [0.29, 0.717) is 31.1 Å². The highest BCUT2D eigenvalue weighted by atomic mass is 35.5. The Morgan fingerprint density at radius 3 is 2.56 bits per heavy atom. The number of amides is 1. The topological polar surface area (TPSA) is 75.5 Å². The number of sulfone groups is 1. The molecule has 0 saturated carbocycles. The summed E-state index contributed by atoms with van der Waals surface area (Å²) in [6.45, 7) is 5.29. The summed E-state index contributed by atoms with van der Waals surface area (Å²) in [6.07, 6.45) is 0.704. The van der Waals surface area contributed by atoms with E-state index < -0.39 is 9.84 Å². The van der Waals surface area contributed by atoms with Gasteiger partial charge in [-0.25, -0.2) is 8.42 Å². The number of halogens is 1. The van der Waals surface area contributed by atoms with E-state index in [1.54, 1.807) is 0 Å². The van der Waals surface area contributed by atoms with E-state index in [0.717, 1.165) is 39.4 Å². The Kier molecular flexibility index (Phi) is 5.77. The monoisotopic (exact) mass is 492 g/mol. The summed E-state index contributed by atoms with van der Waals surface area (Å²) < 4.78 is 25.5. The molecule has 1 atom stereocenters. The largest absolute Gasteiger partial charge is 0.335 e. The Labute approximate surface area is 196 Å². The number of fused-ring (bicyclic) bond motifs is 1. The van der Waals surface area contributed by atoms with Crippen molar-refractivity contribution in [1.82, 2.24) is 19.6 Å². The van der Waals surface area contributed by atoms with Crippen molar-refractivity contribution in [2.24, 2.45) is 0 Å². The van der Waals surface area contributed by atoms with E-state index in [4.69, 9.17) is 11.6 Å². The van der Waals surface area contributed by atoms with Crippen molar-refractivity contribution in [1.29, 1.82) is 0 Å². The van der Waals surface area contributed by atoms with Gasteiger partial charge in [-0.1, -0.05) is 23.7 Å². The highest BCUT2D eigenvalue weighted by molar-refractivity contribution is 7.91. The van der Waals surface area contributed by atoms with Gasteiger partial charge in [0.25, 0.3) is 5.91 Å². The molecule has 1 aromatic carbocycles. The van der Waals surface area contributed by atoms with E-state index in [1.165, 1.54) is 11.3 Å². The maximum atomic E-state index is 13.2. The van der Waals surface area contributed by atoms with Gasteiger partial charge in [-0.3, -0.25) is 14.4 Å². The molecular formula is C22H25ClN4O3S2. The maximum absolute atomic E-state index is 13.2. The van der Waals surface area contributed by atoms with E-state index in [2.05, 4.69) is 10.00 Å². The van der Waals surface area contributed by atoms with Crippen LogP contribution in [0.1, 0.15) is 27.3 Å². The number of rotatable bonds is 4. The quantitative estimate of drug-likeness (QED) is 0.559. The predicted octanol–water partition coefficient (Wildman–Crippen LogP) is 3.05. The summed E-state index contributed by atoms with van der Waals surface area (Å²) in [4.78, 5) is 19.0. The summed E-state index contributed by atoms with van der Waals surface area (Å²) in [5, 5.41) is 6.38. The molecule has 5 rings (SSSR count). The Balaban J connectivity index is 1.29. The van der Waals surface area contributed by atoms with Crippen molar-refractivity contribution in [2.45, 2.75) is 25.9 Å². The van der Waals surface area contributed by atoms with E-state index in [1.807, 2.05) is 46.8 Å². The first kappa shape index (κ1) is 21.9. The van der Waals surface area contributed by atoms with Gasteiger partial charge in [0.1, 0.15) is 4.83 Å². The minimum absolute atomic E-state index is 0.0438. The van der Waals surface area contributed by atoms with Crippen LogP contribution >= 0.6 is 22.9 Å². The van der Waals surface area contributed by atoms with Gasteiger partial charge >= 0.3 is 0 Å². The van der Waals surface area contributed by atoms with E-state index in [-0.39, 0.29) is 23.5 Å². The smallest absolute Gasteiger partial charge is 0.264 e. The number of aryl methyl sites for hydroxylation is 1. The Bertz CT molecular complexity index is 1260. The average Bonchev–Trinajstić information content (AvgIpc) is 3.45. The minimum atomic E-state index is -2.89. The van der Waals surface area contributed by atoms with Gasteiger partial charge in [-0.2, -0.15) is 5.10 Å². The minimum Gasteiger partial charge on any atom is -0.335 e. The Morgan fingerprint density at radius 2 is 1.91 bits per heavy atom. The number of hydrogen-bond acceptors (Lipinski definition) is 6. The highest BCUT2D eigenvalue weighted by Gasteiger charge is 2.34. The summed E-state index contributed by atoms with van der Waals surface area (Å²) in [7, 11) is -2.89. The second-order valence-corrected chi connectivity index (χ2v) is 12.3. The molecule has 7 nitrogen and oxygen atoms in total. The first-order valence-electron chi connectivity index (χ1n) is 10.7. The lowest BCUT2D eigenvalue weighted by atomic mass is 10.2. The summed E-state index contributed by atoms with van der Waals surface area (Å²) in [6, 6.07) is 9.77. The van der Waals surface area contributed by atoms with Crippen molar-refractivity contribution in [2.75, 3.05) is 37.7 Å². The number of aromatic nitrogens is 2. The molecule has 2 saturated heterocycles. The predicted molar refractivity (Wildman–Crippen MR) is 127 cm³/mol. The fourth-order valence-electron chi connectivity index (χ4n) is 4.60. The van der Waals surface area contributed by atoms with Crippen molar-refractivity contribution < 1.29 is 13.2 Å². The zero-order valence-electron chi connectivity index (χ0n) is 17.8. The molecule has 0 N–H and O–H groups in total. The van der Waals surface area contributed by atoms with Crippen LogP contribution in [0.25, 0.3) is 10.2 Å². The van der Waals surface area contributed by atoms with Crippen molar-refractivity contribution >= 4 is 48.9 Å². The molecule has 0 bridgehead atoms. The second kappa shape index (κ2) is 8.44. The number of carbonyl (C=O) groups is 1. The zero-order valence-corrected chi connectivity index (χ0v) is 20.2. The molecule has 32 heavy (non-hydrogen) atoms. The van der Waals surface area contributed by atoms with Crippen molar-refractivity contribution in [3.05, 3.63) is 51.5 Å². The second-order valence-electron chi connectivity index (χ2n) is 8.58. The van der Waals surface area contributed by atoms with Gasteiger partial charge in [0.2, 0.25) is 0 Å². The van der Waals surface area contributed by atoms with Crippen LogP contribution in [0, 0.1) is 6.92 Å². The molecule has 2 aromatic heterocycles. The molecule has 4 heterocycles. The number of carbonyl (C=O) groups excluding carboxylic acids is 1. The standard InChI is InChI=1S/C22H25ClN4O3S2/c1-15-19-12-20(31-22(19)27(24-15)13-16-2-4-17(23)5-3-16)21(28)26-9-7-25(8-10-26)18-6-11-32(29,30)14-18/h2-5,12,18H,6-11,13-14H2,1H3. The third-order valence-corrected chi connectivity index (χ3v) is 9.53. The lowest BCUT2D eigenvalue weighted by molar-refractivity contribution is 0.0592. The van der Waals surface area contributed by atoms with Crippen molar-refractivity contribution in [3.63, 3.8) is 0 Å². The summed E-state index contributed by atoms with van der Waals surface area (Å²) in [5.74, 6) is 0.577. The van der Waals surface area contributed by atoms with Gasteiger partial charge in [0, 0.05) is 42.6 Å². The van der Waals surface area contributed by atoms with Crippen LogP contribution in [-0.2, 0) is 16.4 Å². The Hall–Kier alpha value is -1.94. The van der Waals surface area contributed by atoms with Crippen LogP contribution in [0.2, 0.25) is 5.02 Å². The fourth-order valence-corrected chi connectivity index (χ4v) is 7.61. The van der Waals surface area contributed by atoms with Crippen LogP contribution in [0.5, 0.6) is 0 Å². The lowest BCUT2D eigenvalue weighted by Gasteiger charge is -2.37. The molecule has 0 spiro atoms. The van der Waals surface area contributed by atoms with Crippen molar-refractivity contribution in [3.8, 4) is 0 Å². The van der Waals surface area contributed by atoms with Crippen LogP contribution in [0.15, 0.2) is 30.3 Å². The molecule has 1 unspecified atom stereocenters. The third kappa shape index (κ3) is 4.31. The van der Waals surface area contributed by atoms with Gasteiger partial charge in [-0.15, -0.1) is 11.3 Å². The first-order chi connectivity index (χ1) is 15.3. The van der Waals surface area contributed by atoms with Crippen LogP contribution in [-0.4, -0.2) is 77.6 Å². The molecule has 2 aliphatic heterocycles.